The van der Waals surface area contributed by atoms with Gasteiger partial charge in [0, 0.05) is 31.9 Å². The number of rotatable bonds is 4. The highest BCUT2D eigenvalue weighted by molar-refractivity contribution is 14.0. The minimum atomic E-state index is -3.03. The number of piperazine rings is 1. The molecule has 1 rings (SSSR count). The van der Waals surface area contributed by atoms with E-state index in [1.807, 2.05) is 25.7 Å². The molecular formula is C14H29IN4O4S. The Hall–Kier alpha value is -0.780. The van der Waals surface area contributed by atoms with Crippen LogP contribution in [0.1, 0.15) is 27.7 Å². The SMILES string of the molecule is CCS(=O)(=O)CCN=C(N)N1CCN(C(=O)OC(C)(C)C)CC1.I. The monoisotopic (exact) mass is 476 g/mol. The van der Waals surface area contributed by atoms with Crippen LogP contribution < -0.4 is 5.73 Å². The van der Waals surface area contributed by atoms with Gasteiger partial charge in [-0.3, -0.25) is 4.99 Å². The lowest BCUT2D eigenvalue weighted by atomic mass is 10.2. The standard InChI is InChI=1S/C14H28N4O4S.HI/c1-5-23(20,21)11-6-16-12(15)17-7-9-18(10-8-17)13(19)22-14(2,3)4;/h5-11H2,1-4H3,(H2,15,16);1H. The van der Waals surface area contributed by atoms with Crippen molar-refractivity contribution in [2.45, 2.75) is 33.3 Å². The van der Waals surface area contributed by atoms with Crippen molar-refractivity contribution in [1.29, 1.82) is 0 Å². The van der Waals surface area contributed by atoms with E-state index in [2.05, 4.69) is 4.99 Å². The van der Waals surface area contributed by atoms with E-state index < -0.39 is 15.4 Å². The summed E-state index contributed by atoms with van der Waals surface area (Å²) in [6, 6.07) is 0. The van der Waals surface area contributed by atoms with Gasteiger partial charge in [0.05, 0.1) is 12.3 Å². The van der Waals surface area contributed by atoms with E-state index in [1.165, 1.54) is 0 Å². The molecule has 1 heterocycles. The first-order valence-electron chi connectivity index (χ1n) is 7.77. The Bertz CT molecular complexity index is 537. The van der Waals surface area contributed by atoms with Gasteiger partial charge >= 0.3 is 6.09 Å². The summed E-state index contributed by atoms with van der Waals surface area (Å²) in [5.74, 6) is 0.430. The molecule has 142 valence electrons. The first-order chi connectivity index (χ1) is 10.5. The zero-order valence-electron chi connectivity index (χ0n) is 14.8. The number of carbonyl (C=O) groups is 1. The van der Waals surface area contributed by atoms with Crippen LogP contribution in [0.15, 0.2) is 4.99 Å². The van der Waals surface area contributed by atoms with Gasteiger partial charge in [0.25, 0.3) is 0 Å². The molecule has 0 aromatic carbocycles. The van der Waals surface area contributed by atoms with Crippen molar-refractivity contribution in [1.82, 2.24) is 9.80 Å². The molecule has 1 fully saturated rings. The Morgan fingerprint density at radius 2 is 1.67 bits per heavy atom. The first-order valence-corrected chi connectivity index (χ1v) is 9.59. The van der Waals surface area contributed by atoms with Crippen LogP contribution in [-0.4, -0.2) is 80.1 Å². The second kappa shape index (κ2) is 9.64. The Balaban J connectivity index is 0.00000529. The fraction of sp³-hybridized carbons (Fsp3) is 0.857. The van der Waals surface area contributed by atoms with E-state index in [0.29, 0.717) is 32.1 Å². The summed E-state index contributed by atoms with van der Waals surface area (Å²) < 4.78 is 28.1. The molecule has 0 atom stereocenters. The number of sulfone groups is 1. The number of aliphatic imine (C=N–C) groups is 1. The predicted molar refractivity (Wildman–Crippen MR) is 106 cm³/mol. The second-order valence-electron chi connectivity index (χ2n) is 6.43. The first kappa shape index (κ1) is 23.2. The van der Waals surface area contributed by atoms with Crippen LogP contribution in [-0.2, 0) is 14.6 Å². The van der Waals surface area contributed by atoms with Gasteiger partial charge in [0.15, 0.2) is 15.8 Å². The van der Waals surface area contributed by atoms with Gasteiger partial charge in [-0.25, -0.2) is 13.2 Å². The number of hydrogen-bond donors (Lipinski definition) is 1. The van der Waals surface area contributed by atoms with E-state index in [1.54, 1.807) is 11.8 Å². The Labute approximate surface area is 161 Å². The molecule has 8 nitrogen and oxygen atoms in total. The van der Waals surface area contributed by atoms with Gasteiger partial charge in [-0.05, 0) is 20.8 Å². The summed E-state index contributed by atoms with van der Waals surface area (Å²) in [7, 11) is -3.03. The molecule has 24 heavy (non-hydrogen) atoms. The maximum Gasteiger partial charge on any atom is 0.410 e. The van der Waals surface area contributed by atoms with Gasteiger partial charge in [0.1, 0.15) is 5.60 Å². The van der Waals surface area contributed by atoms with E-state index in [9.17, 15) is 13.2 Å². The summed E-state index contributed by atoms with van der Waals surface area (Å²) in [6.45, 7) is 9.36. The van der Waals surface area contributed by atoms with Crippen molar-refractivity contribution in [3.8, 4) is 0 Å². The average molecular weight is 476 g/mol. The average Bonchev–Trinajstić information content (AvgIpc) is 2.45. The molecule has 0 radical (unpaired) electrons. The van der Waals surface area contributed by atoms with Crippen molar-refractivity contribution in [2.75, 3.05) is 44.2 Å². The largest absolute Gasteiger partial charge is 0.444 e. The highest BCUT2D eigenvalue weighted by Gasteiger charge is 2.26. The van der Waals surface area contributed by atoms with Crippen molar-refractivity contribution in [3.63, 3.8) is 0 Å². The molecule has 1 aliphatic heterocycles. The Kier molecular flexibility index (Phi) is 9.32. The quantitative estimate of drug-likeness (QED) is 0.368. The molecule has 1 aliphatic rings. The van der Waals surface area contributed by atoms with Crippen LogP contribution in [0.5, 0.6) is 0 Å². The number of nitrogens with two attached hydrogens (primary N) is 1. The highest BCUT2D eigenvalue weighted by atomic mass is 127. The normalized spacial score (nSPS) is 16.6. The maximum atomic E-state index is 12.0. The van der Waals surface area contributed by atoms with Crippen LogP contribution in [0.3, 0.4) is 0 Å². The van der Waals surface area contributed by atoms with Crippen molar-refractivity contribution in [2.24, 2.45) is 10.7 Å². The molecule has 0 aromatic rings. The van der Waals surface area contributed by atoms with Crippen LogP contribution in [0, 0.1) is 0 Å². The molecule has 1 saturated heterocycles. The molecule has 0 unspecified atom stereocenters. The van der Waals surface area contributed by atoms with Crippen LogP contribution >= 0.6 is 24.0 Å². The minimum absolute atomic E-state index is 0. The van der Waals surface area contributed by atoms with Gasteiger partial charge in [0.2, 0.25) is 0 Å². The summed E-state index contributed by atoms with van der Waals surface area (Å²) >= 11 is 0. The summed E-state index contributed by atoms with van der Waals surface area (Å²) in [6.07, 6.45) is -0.332. The summed E-state index contributed by atoms with van der Waals surface area (Å²) in [5, 5.41) is 0. The number of halogens is 1. The molecular weight excluding hydrogens is 447 g/mol. The smallest absolute Gasteiger partial charge is 0.410 e. The lowest BCUT2D eigenvalue weighted by molar-refractivity contribution is 0.0186. The molecule has 10 heteroatoms. The third-order valence-corrected chi connectivity index (χ3v) is 5.06. The number of carbonyl (C=O) groups excluding carboxylic acids is 1. The van der Waals surface area contributed by atoms with Gasteiger partial charge in [-0.15, -0.1) is 24.0 Å². The Morgan fingerprint density at radius 3 is 2.12 bits per heavy atom. The van der Waals surface area contributed by atoms with Crippen molar-refractivity contribution >= 4 is 45.9 Å². The molecule has 2 N–H and O–H groups in total. The van der Waals surface area contributed by atoms with Gasteiger partial charge in [-0.1, -0.05) is 6.92 Å². The lowest BCUT2D eigenvalue weighted by Gasteiger charge is -2.36. The number of nitrogens with zero attached hydrogens (tertiary/aromatic N) is 3. The summed E-state index contributed by atoms with van der Waals surface area (Å²) in [5.41, 5.74) is 5.37. The van der Waals surface area contributed by atoms with Crippen molar-refractivity contribution in [3.05, 3.63) is 0 Å². The van der Waals surface area contributed by atoms with Crippen LogP contribution in [0.2, 0.25) is 0 Å². The van der Waals surface area contributed by atoms with E-state index in [4.69, 9.17) is 10.5 Å². The molecule has 0 aliphatic carbocycles. The number of guanidine groups is 1. The van der Waals surface area contributed by atoms with Crippen molar-refractivity contribution < 1.29 is 17.9 Å². The maximum absolute atomic E-state index is 12.0. The number of ether oxygens (including phenoxy) is 1. The highest BCUT2D eigenvalue weighted by Crippen LogP contribution is 2.11. The molecule has 0 aromatic heterocycles. The van der Waals surface area contributed by atoms with Gasteiger partial charge in [-0.2, -0.15) is 0 Å². The number of amides is 1. The van der Waals surface area contributed by atoms with E-state index >= 15 is 0 Å². The number of hydrogen-bond acceptors (Lipinski definition) is 5. The predicted octanol–water partition coefficient (Wildman–Crippen LogP) is 0.907. The van der Waals surface area contributed by atoms with Gasteiger partial charge < -0.3 is 20.3 Å². The van der Waals surface area contributed by atoms with Crippen LogP contribution in [0.4, 0.5) is 4.79 Å². The molecule has 0 saturated carbocycles. The topological polar surface area (TPSA) is 105 Å². The fourth-order valence-electron chi connectivity index (χ4n) is 1.99. The molecule has 1 amide bonds. The fourth-order valence-corrected chi connectivity index (χ4v) is 2.65. The van der Waals surface area contributed by atoms with E-state index in [0.717, 1.165) is 0 Å². The lowest BCUT2D eigenvalue weighted by Crippen LogP contribution is -2.53. The van der Waals surface area contributed by atoms with Crippen LogP contribution in [0.25, 0.3) is 0 Å². The second-order valence-corrected chi connectivity index (χ2v) is 8.90. The minimum Gasteiger partial charge on any atom is -0.444 e. The third kappa shape index (κ3) is 8.36. The molecule has 0 spiro atoms. The third-order valence-electron chi connectivity index (χ3n) is 3.37. The molecule has 0 bridgehead atoms. The Morgan fingerprint density at radius 1 is 1.17 bits per heavy atom. The summed E-state index contributed by atoms with van der Waals surface area (Å²) in [4.78, 5) is 19.6. The zero-order chi connectivity index (χ0) is 17.7. The zero-order valence-corrected chi connectivity index (χ0v) is 18.0. The van der Waals surface area contributed by atoms with E-state index in [-0.39, 0.29) is 48.1 Å².